The van der Waals surface area contributed by atoms with Gasteiger partial charge in [-0.3, -0.25) is 4.79 Å². The van der Waals surface area contributed by atoms with Crippen LogP contribution in [-0.4, -0.2) is 28.5 Å². The lowest BCUT2D eigenvalue weighted by molar-refractivity contribution is -0.121. The number of halogens is 1. The molecule has 1 saturated carbocycles. The zero-order chi connectivity index (χ0) is 9.68. The van der Waals surface area contributed by atoms with Crippen molar-refractivity contribution in [1.29, 1.82) is 0 Å². The lowest BCUT2D eigenvalue weighted by Gasteiger charge is -2.26. The Morgan fingerprint density at radius 1 is 1.54 bits per heavy atom. The molecule has 0 aromatic heterocycles. The van der Waals surface area contributed by atoms with Crippen LogP contribution in [0.15, 0.2) is 0 Å². The molecule has 0 radical (unpaired) electrons. The lowest BCUT2D eigenvalue weighted by atomic mass is 9.93. The van der Waals surface area contributed by atoms with E-state index in [1.165, 1.54) is 0 Å². The fourth-order valence-corrected chi connectivity index (χ4v) is 2.04. The van der Waals surface area contributed by atoms with Crippen LogP contribution >= 0.6 is 15.9 Å². The SMILES string of the molecule is O=C(CCBr)NC1CCCC(O)C1. The summed E-state index contributed by atoms with van der Waals surface area (Å²) in [6.45, 7) is 0. The fourth-order valence-electron chi connectivity index (χ4n) is 1.68. The van der Waals surface area contributed by atoms with Crippen molar-refractivity contribution in [1.82, 2.24) is 5.32 Å². The molecule has 1 rings (SSSR count). The van der Waals surface area contributed by atoms with E-state index in [0.29, 0.717) is 18.2 Å². The van der Waals surface area contributed by atoms with E-state index in [1.807, 2.05) is 0 Å². The predicted molar refractivity (Wildman–Crippen MR) is 54.8 cm³/mol. The maximum Gasteiger partial charge on any atom is 0.221 e. The molecule has 2 atom stereocenters. The number of alkyl halides is 1. The molecular formula is C9H16BrNO2. The van der Waals surface area contributed by atoms with Crippen LogP contribution in [-0.2, 0) is 4.79 Å². The fraction of sp³-hybridized carbons (Fsp3) is 0.889. The molecule has 4 heteroatoms. The summed E-state index contributed by atoms with van der Waals surface area (Å²) in [6, 6.07) is 0.190. The average Bonchev–Trinajstić information content (AvgIpc) is 2.04. The van der Waals surface area contributed by atoms with E-state index in [-0.39, 0.29) is 18.1 Å². The predicted octanol–water partition coefficient (Wildman–Crippen LogP) is 1.19. The van der Waals surface area contributed by atoms with Crippen LogP contribution in [0.1, 0.15) is 32.1 Å². The van der Waals surface area contributed by atoms with Crippen molar-refractivity contribution in [3.8, 4) is 0 Å². The molecular weight excluding hydrogens is 234 g/mol. The number of carbonyl (C=O) groups excluding carboxylic acids is 1. The Hall–Kier alpha value is -0.0900. The monoisotopic (exact) mass is 249 g/mol. The van der Waals surface area contributed by atoms with Gasteiger partial charge >= 0.3 is 0 Å². The molecule has 0 aromatic rings. The lowest BCUT2D eigenvalue weighted by Crippen LogP contribution is -2.39. The van der Waals surface area contributed by atoms with Crippen molar-refractivity contribution >= 4 is 21.8 Å². The quantitative estimate of drug-likeness (QED) is 0.739. The van der Waals surface area contributed by atoms with Gasteiger partial charge in [0.05, 0.1) is 6.10 Å². The topological polar surface area (TPSA) is 49.3 Å². The van der Waals surface area contributed by atoms with E-state index in [4.69, 9.17) is 0 Å². The van der Waals surface area contributed by atoms with Crippen LogP contribution < -0.4 is 5.32 Å². The smallest absolute Gasteiger partial charge is 0.221 e. The highest BCUT2D eigenvalue weighted by Gasteiger charge is 2.20. The zero-order valence-corrected chi connectivity index (χ0v) is 9.22. The first-order valence-corrected chi connectivity index (χ1v) is 5.88. The second kappa shape index (κ2) is 5.60. The number of aliphatic hydroxyl groups excluding tert-OH is 1. The molecule has 13 heavy (non-hydrogen) atoms. The highest BCUT2D eigenvalue weighted by Crippen LogP contribution is 2.18. The molecule has 0 spiro atoms. The summed E-state index contributed by atoms with van der Waals surface area (Å²) in [6.07, 6.45) is 3.92. The standard InChI is InChI=1S/C9H16BrNO2/c10-5-4-9(13)11-7-2-1-3-8(12)6-7/h7-8,12H,1-6H2,(H,11,13). The van der Waals surface area contributed by atoms with Gasteiger partial charge in [0.15, 0.2) is 0 Å². The van der Waals surface area contributed by atoms with Gasteiger partial charge in [0.25, 0.3) is 0 Å². The highest BCUT2D eigenvalue weighted by molar-refractivity contribution is 9.09. The molecule has 0 bridgehead atoms. The van der Waals surface area contributed by atoms with Gasteiger partial charge < -0.3 is 10.4 Å². The Bertz CT molecular complexity index is 175. The largest absolute Gasteiger partial charge is 0.393 e. The Morgan fingerprint density at radius 2 is 2.31 bits per heavy atom. The number of nitrogens with one attached hydrogen (secondary N) is 1. The summed E-state index contributed by atoms with van der Waals surface area (Å²) >= 11 is 3.22. The molecule has 2 N–H and O–H groups in total. The van der Waals surface area contributed by atoms with Crippen LogP contribution in [0, 0.1) is 0 Å². The van der Waals surface area contributed by atoms with Crippen molar-refractivity contribution in [3.05, 3.63) is 0 Å². The number of hydrogen-bond donors (Lipinski definition) is 2. The third-order valence-electron chi connectivity index (χ3n) is 2.33. The maximum absolute atomic E-state index is 11.2. The molecule has 1 aliphatic rings. The van der Waals surface area contributed by atoms with Crippen molar-refractivity contribution in [2.24, 2.45) is 0 Å². The number of hydrogen-bond acceptors (Lipinski definition) is 2. The maximum atomic E-state index is 11.2. The third kappa shape index (κ3) is 4.09. The summed E-state index contributed by atoms with van der Waals surface area (Å²) < 4.78 is 0. The van der Waals surface area contributed by atoms with Gasteiger partial charge in [0, 0.05) is 17.8 Å². The summed E-state index contributed by atoms with van der Waals surface area (Å²) in [7, 11) is 0. The van der Waals surface area contributed by atoms with Crippen molar-refractivity contribution in [2.45, 2.75) is 44.2 Å². The Morgan fingerprint density at radius 3 is 2.92 bits per heavy atom. The van der Waals surface area contributed by atoms with Crippen molar-refractivity contribution in [2.75, 3.05) is 5.33 Å². The van der Waals surface area contributed by atoms with Gasteiger partial charge in [-0.1, -0.05) is 15.9 Å². The molecule has 2 unspecified atom stereocenters. The van der Waals surface area contributed by atoms with E-state index < -0.39 is 0 Å². The van der Waals surface area contributed by atoms with Gasteiger partial charge in [-0.2, -0.15) is 0 Å². The molecule has 0 aliphatic heterocycles. The summed E-state index contributed by atoms with van der Waals surface area (Å²) in [5, 5.41) is 13.0. The van der Waals surface area contributed by atoms with Gasteiger partial charge in [-0.15, -0.1) is 0 Å². The van der Waals surface area contributed by atoms with E-state index >= 15 is 0 Å². The molecule has 76 valence electrons. The minimum atomic E-state index is -0.219. The van der Waals surface area contributed by atoms with E-state index in [9.17, 15) is 9.90 Å². The normalized spacial score (nSPS) is 28.5. The highest BCUT2D eigenvalue weighted by atomic mass is 79.9. The Labute approximate surface area is 87.0 Å². The molecule has 1 fully saturated rings. The molecule has 3 nitrogen and oxygen atoms in total. The van der Waals surface area contributed by atoms with Gasteiger partial charge in [0.1, 0.15) is 0 Å². The van der Waals surface area contributed by atoms with Gasteiger partial charge in [-0.05, 0) is 25.7 Å². The summed E-state index contributed by atoms with van der Waals surface area (Å²) in [4.78, 5) is 11.2. The molecule has 0 aromatic carbocycles. The van der Waals surface area contributed by atoms with Crippen molar-refractivity contribution < 1.29 is 9.90 Å². The first kappa shape index (κ1) is 11.0. The summed E-state index contributed by atoms with van der Waals surface area (Å²) in [5.41, 5.74) is 0. The molecule has 1 amide bonds. The second-order valence-corrected chi connectivity index (χ2v) is 4.32. The van der Waals surface area contributed by atoms with E-state index in [1.54, 1.807) is 0 Å². The van der Waals surface area contributed by atoms with Gasteiger partial charge in [0.2, 0.25) is 5.91 Å². The van der Waals surface area contributed by atoms with Crippen LogP contribution in [0.5, 0.6) is 0 Å². The first-order chi connectivity index (χ1) is 6.22. The van der Waals surface area contributed by atoms with Crippen LogP contribution in [0.3, 0.4) is 0 Å². The molecule has 1 aliphatic carbocycles. The van der Waals surface area contributed by atoms with Crippen LogP contribution in [0.25, 0.3) is 0 Å². The third-order valence-corrected chi connectivity index (χ3v) is 2.73. The number of amides is 1. The average molecular weight is 250 g/mol. The Balaban J connectivity index is 2.23. The van der Waals surface area contributed by atoms with E-state index in [2.05, 4.69) is 21.2 Å². The van der Waals surface area contributed by atoms with E-state index in [0.717, 1.165) is 19.3 Å². The van der Waals surface area contributed by atoms with Gasteiger partial charge in [-0.25, -0.2) is 0 Å². The first-order valence-electron chi connectivity index (χ1n) is 4.75. The van der Waals surface area contributed by atoms with Crippen molar-refractivity contribution in [3.63, 3.8) is 0 Å². The molecule has 0 saturated heterocycles. The second-order valence-electron chi connectivity index (χ2n) is 3.52. The molecule has 0 heterocycles. The number of aliphatic hydroxyl groups is 1. The summed E-state index contributed by atoms with van der Waals surface area (Å²) in [5.74, 6) is 0.0796. The van der Waals surface area contributed by atoms with Crippen LogP contribution in [0.4, 0.5) is 0 Å². The number of carbonyl (C=O) groups is 1. The minimum absolute atomic E-state index is 0.0796. The Kier molecular flexibility index (Phi) is 4.73. The number of rotatable bonds is 3. The minimum Gasteiger partial charge on any atom is -0.393 e. The van der Waals surface area contributed by atoms with Crippen LogP contribution in [0.2, 0.25) is 0 Å². The zero-order valence-electron chi connectivity index (χ0n) is 7.63.